The number of aliphatic hydroxyl groups excluding tert-OH is 1. The van der Waals surface area contributed by atoms with Gasteiger partial charge in [-0.15, -0.1) is 0 Å². The molecule has 1 aliphatic carbocycles. The third-order valence-electron chi connectivity index (χ3n) is 4.40. The van der Waals surface area contributed by atoms with Gasteiger partial charge in [-0.1, -0.05) is 12.1 Å². The van der Waals surface area contributed by atoms with Gasteiger partial charge in [0.1, 0.15) is 5.60 Å². The van der Waals surface area contributed by atoms with Crippen LogP contribution in [0.4, 0.5) is 0 Å². The fourth-order valence-corrected chi connectivity index (χ4v) is 3.56. The molecule has 4 heteroatoms. The molecule has 18 heavy (non-hydrogen) atoms. The molecule has 0 bridgehead atoms. The Morgan fingerprint density at radius 1 is 1.33 bits per heavy atom. The van der Waals surface area contributed by atoms with Gasteiger partial charge in [0, 0.05) is 36.1 Å². The highest BCUT2D eigenvalue weighted by atomic mass is 16.3. The predicted octanol–water partition coefficient (Wildman–Crippen LogP) is 0.634. The Balaban J connectivity index is 1.99. The molecule has 4 N–H and O–H groups in total. The van der Waals surface area contributed by atoms with Crippen LogP contribution >= 0.6 is 0 Å². The van der Waals surface area contributed by atoms with Crippen molar-refractivity contribution in [3.05, 3.63) is 35.5 Å². The van der Waals surface area contributed by atoms with Crippen molar-refractivity contribution in [1.29, 1.82) is 0 Å². The zero-order valence-corrected chi connectivity index (χ0v) is 9.98. The molecule has 1 fully saturated rings. The van der Waals surface area contributed by atoms with Gasteiger partial charge in [-0.3, -0.25) is 0 Å². The minimum atomic E-state index is -0.952. The van der Waals surface area contributed by atoms with Crippen molar-refractivity contribution >= 4 is 10.9 Å². The van der Waals surface area contributed by atoms with E-state index in [1.807, 2.05) is 24.4 Å². The second-order valence-electron chi connectivity index (χ2n) is 5.49. The normalized spacial score (nSPS) is 34.6. The van der Waals surface area contributed by atoms with Crippen LogP contribution in [0.2, 0.25) is 0 Å². The molecule has 4 rings (SSSR count). The summed E-state index contributed by atoms with van der Waals surface area (Å²) in [6.07, 6.45) is 2.76. The number of β-amino-alcohol motifs (C(OH)–C–C–N with tert-alkyl or cyclic N) is 1. The van der Waals surface area contributed by atoms with E-state index in [0.717, 1.165) is 22.9 Å². The molecular formula is C14H16N2O2. The number of rotatable bonds is 0. The Morgan fingerprint density at radius 3 is 3.11 bits per heavy atom. The molecule has 3 atom stereocenters. The summed E-state index contributed by atoms with van der Waals surface area (Å²) in [5.41, 5.74) is 2.30. The Morgan fingerprint density at radius 2 is 2.22 bits per heavy atom. The Hall–Kier alpha value is -1.36. The van der Waals surface area contributed by atoms with E-state index in [1.165, 1.54) is 5.56 Å². The number of nitrogens with one attached hydrogen (secondary N) is 2. The van der Waals surface area contributed by atoms with Gasteiger partial charge in [-0.25, -0.2) is 0 Å². The summed E-state index contributed by atoms with van der Waals surface area (Å²) in [5, 5.41) is 25.2. The number of hydrogen-bond acceptors (Lipinski definition) is 3. The van der Waals surface area contributed by atoms with E-state index in [2.05, 4.69) is 10.3 Å². The van der Waals surface area contributed by atoms with Gasteiger partial charge in [0.05, 0.1) is 6.10 Å². The maximum Gasteiger partial charge on any atom is 0.108 e. The maximum absolute atomic E-state index is 11.0. The molecule has 4 nitrogen and oxygen atoms in total. The van der Waals surface area contributed by atoms with E-state index in [9.17, 15) is 10.2 Å². The van der Waals surface area contributed by atoms with E-state index in [0.29, 0.717) is 13.0 Å². The quantitative estimate of drug-likeness (QED) is 0.549. The molecule has 2 aromatic rings. The first kappa shape index (κ1) is 10.6. The fourth-order valence-electron chi connectivity index (χ4n) is 3.56. The smallest absolute Gasteiger partial charge is 0.108 e. The summed E-state index contributed by atoms with van der Waals surface area (Å²) in [6.45, 7) is 0.558. The van der Waals surface area contributed by atoms with E-state index in [-0.39, 0.29) is 6.04 Å². The lowest BCUT2D eigenvalue weighted by Crippen LogP contribution is -2.59. The van der Waals surface area contributed by atoms with Crippen LogP contribution in [0, 0.1) is 0 Å². The summed E-state index contributed by atoms with van der Waals surface area (Å²) in [7, 11) is 0. The van der Waals surface area contributed by atoms with Crippen LogP contribution in [0.15, 0.2) is 24.4 Å². The van der Waals surface area contributed by atoms with Crippen LogP contribution in [-0.2, 0) is 12.0 Å². The van der Waals surface area contributed by atoms with E-state index in [4.69, 9.17) is 0 Å². The Kier molecular flexibility index (Phi) is 1.96. The van der Waals surface area contributed by atoms with Gasteiger partial charge >= 0.3 is 0 Å². The lowest BCUT2D eigenvalue weighted by molar-refractivity contribution is -0.0714. The molecule has 2 heterocycles. The highest BCUT2D eigenvalue weighted by Crippen LogP contribution is 2.43. The number of H-pyrrole nitrogens is 1. The van der Waals surface area contributed by atoms with E-state index in [1.54, 1.807) is 0 Å². The van der Waals surface area contributed by atoms with Crippen molar-refractivity contribution in [2.24, 2.45) is 0 Å². The van der Waals surface area contributed by atoms with Crippen molar-refractivity contribution in [1.82, 2.24) is 10.3 Å². The third kappa shape index (κ3) is 1.20. The molecule has 1 aromatic carbocycles. The second kappa shape index (κ2) is 3.35. The topological polar surface area (TPSA) is 68.3 Å². The lowest BCUT2D eigenvalue weighted by atomic mass is 9.71. The number of hydrogen-bond donors (Lipinski definition) is 4. The number of aliphatic hydroxyl groups is 2. The number of piperidine rings is 1. The molecule has 1 saturated heterocycles. The zero-order chi connectivity index (χ0) is 12.3. The zero-order valence-electron chi connectivity index (χ0n) is 9.98. The molecule has 0 unspecified atom stereocenters. The standard InChI is InChI=1S/C14H16N2O2/c17-9-5-14(18)10-2-1-3-11-13(10)8(6-15-11)4-12(14)16-7-9/h1-3,6,9,12,15-18H,4-5,7H2/t9-,12-,14-/m1/s1. The highest BCUT2D eigenvalue weighted by molar-refractivity contribution is 5.88. The van der Waals surface area contributed by atoms with E-state index < -0.39 is 11.7 Å². The maximum atomic E-state index is 11.0. The summed E-state index contributed by atoms with van der Waals surface area (Å²) in [5.74, 6) is 0. The van der Waals surface area contributed by atoms with Gasteiger partial charge in [0.2, 0.25) is 0 Å². The summed E-state index contributed by atoms with van der Waals surface area (Å²) < 4.78 is 0. The lowest BCUT2D eigenvalue weighted by Gasteiger charge is -2.45. The molecule has 94 valence electrons. The molecule has 1 aromatic heterocycles. The minimum absolute atomic E-state index is 0.00481. The number of fused-ring (bicyclic) bond motifs is 2. The number of aromatic amines is 1. The molecule has 0 radical (unpaired) electrons. The third-order valence-corrected chi connectivity index (χ3v) is 4.40. The first-order valence-electron chi connectivity index (χ1n) is 6.42. The Bertz CT molecular complexity index is 621. The van der Waals surface area contributed by atoms with Crippen LogP contribution in [0.5, 0.6) is 0 Å². The highest BCUT2D eigenvalue weighted by Gasteiger charge is 2.47. The minimum Gasteiger partial charge on any atom is -0.392 e. The van der Waals surface area contributed by atoms with Gasteiger partial charge in [-0.05, 0) is 23.6 Å². The monoisotopic (exact) mass is 244 g/mol. The summed E-state index contributed by atoms with van der Waals surface area (Å²) in [6, 6.07) is 5.96. The van der Waals surface area contributed by atoms with Gasteiger partial charge in [0.25, 0.3) is 0 Å². The average molecular weight is 244 g/mol. The molecule has 0 amide bonds. The second-order valence-corrected chi connectivity index (χ2v) is 5.49. The van der Waals surface area contributed by atoms with Crippen LogP contribution in [-0.4, -0.2) is 33.9 Å². The molecule has 1 aliphatic heterocycles. The van der Waals surface area contributed by atoms with Crippen LogP contribution in [0.25, 0.3) is 10.9 Å². The molecular weight excluding hydrogens is 228 g/mol. The van der Waals surface area contributed by atoms with Crippen molar-refractivity contribution in [2.45, 2.75) is 30.6 Å². The van der Waals surface area contributed by atoms with Gasteiger partial charge in [-0.2, -0.15) is 0 Å². The predicted molar refractivity (Wildman–Crippen MR) is 68.3 cm³/mol. The van der Waals surface area contributed by atoms with Crippen molar-refractivity contribution in [3.63, 3.8) is 0 Å². The van der Waals surface area contributed by atoms with Crippen molar-refractivity contribution in [2.75, 3.05) is 6.54 Å². The summed E-state index contributed by atoms with van der Waals surface area (Å²) >= 11 is 0. The van der Waals surface area contributed by atoms with Crippen LogP contribution in [0.3, 0.4) is 0 Å². The van der Waals surface area contributed by atoms with Crippen molar-refractivity contribution < 1.29 is 10.2 Å². The first-order valence-corrected chi connectivity index (χ1v) is 6.42. The van der Waals surface area contributed by atoms with Crippen LogP contribution in [0.1, 0.15) is 17.5 Å². The fraction of sp³-hybridized carbons (Fsp3) is 0.429. The molecule has 2 aliphatic rings. The van der Waals surface area contributed by atoms with Crippen molar-refractivity contribution in [3.8, 4) is 0 Å². The SMILES string of the molecule is O[C@H]1CN[C@@H]2Cc3c[nH]c4cccc(c34)[C@]2(O)C1. The van der Waals surface area contributed by atoms with Gasteiger partial charge < -0.3 is 20.5 Å². The number of aromatic nitrogens is 1. The van der Waals surface area contributed by atoms with Crippen LogP contribution < -0.4 is 5.32 Å². The Labute approximate surface area is 105 Å². The average Bonchev–Trinajstić information content (AvgIpc) is 2.76. The van der Waals surface area contributed by atoms with E-state index >= 15 is 0 Å². The summed E-state index contributed by atoms with van der Waals surface area (Å²) in [4.78, 5) is 3.26. The largest absolute Gasteiger partial charge is 0.392 e. The first-order chi connectivity index (χ1) is 8.68. The van der Waals surface area contributed by atoms with Gasteiger partial charge in [0.15, 0.2) is 0 Å². The molecule has 0 spiro atoms. The number of benzene rings is 1. The molecule has 0 saturated carbocycles.